The van der Waals surface area contributed by atoms with E-state index in [9.17, 15) is 9.59 Å². The van der Waals surface area contributed by atoms with Crippen molar-refractivity contribution in [2.45, 2.75) is 20.3 Å². The lowest BCUT2D eigenvalue weighted by atomic mass is 10.2. The number of hydrogen-bond donors (Lipinski definition) is 0. The third-order valence-corrected chi connectivity index (χ3v) is 2.17. The third-order valence-electron chi connectivity index (χ3n) is 2.17. The van der Waals surface area contributed by atoms with Crippen molar-refractivity contribution in [1.29, 1.82) is 0 Å². The van der Waals surface area contributed by atoms with Crippen LogP contribution < -0.4 is 4.74 Å². The summed E-state index contributed by atoms with van der Waals surface area (Å²) < 4.78 is 14.9. The standard InChI is InChI=1S/C14H18O5/c1-3-8-18-12-7-5-6-11(9-12)14(16)19-10-13(15)17-4-2/h5-7,9H,3-4,8,10H2,1-2H3. The van der Waals surface area contributed by atoms with Crippen LogP contribution in [0.15, 0.2) is 24.3 Å². The van der Waals surface area contributed by atoms with Crippen molar-refractivity contribution in [3.05, 3.63) is 29.8 Å². The monoisotopic (exact) mass is 266 g/mol. The summed E-state index contributed by atoms with van der Waals surface area (Å²) in [5.74, 6) is -0.531. The molecule has 0 saturated carbocycles. The number of carbonyl (C=O) groups is 2. The van der Waals surface area contributed by atoms with E-state index in [-0.39, 0.29) is 13.2 Å². The zero-order valence-corrected chi connectivity index (χ0v) is 11.2. The van der Waals surface area contributed by atoms with Crippen molar-refractivity contribution in [3.8, 4) is 5.75 Å². The Kier molecular flexibility index (Phi) is 6.43. The molecule has 0 heterocycles. The fourth-order valence-corrected chi connectivity index (χ4v) is 1.34. The molecule has 19 heavy (non-hydrogen) atoms. The van der Waals surface area contributed by atoms with Crippen LogP contribution in [0.4, 0.5) is 0 Å². The van der Waals surface area contributed by atoms with Gasteiger partial charge in [-0.1, -0.05) is 13.0 Å². The maximum atomic E-state index is 11.7. The van der Waals surface area contributed by atoms with Crippen molar-refractivity contribution in [2.24, 2.45) is 0 Å². The zero-order chi connectivity index (χ0) is 14.1. The minimum absolute atomic E-state index is 0.261. The lowest BCUT2D eigenvalue weighted by Crippen LogP contribution is -2.16. The zero-order valence-electron chi connectivity index (χ0n) is 11.2. The van der Waals surface area contributed by atoms with E-state index in [4.69, 9.17) is 9.47 Å². The lowest BCUT2D eigenvalue weighted by Gasteiger charge is -2.07. The molecule has 0 aliphatic heterocycles. The summed E-state index contributed by atoms with van der Waals surface area (Å²) in [6, 6.07) is 6.65. The van der Waals surface area contributed by atoms with Crippen LogP contribution in [0.25, 0.3) is 0 Å². The average Bonchev–Trinajstić information content (AvgIpc) is 2.43. The predicted molar refractivity (Wildman–Crippen MR) is 69.1 cm³/mol. The Bertz CT molecular complexity index is 428. The highest BCUT2D eigenvalue weighted by Crippen LogP contribution is 2.14. The molecule has 0 fully saturated rings. The predicted octanol–water partition coefficient (Wildman–Crippen LogP) is 2.20. The molecule has 0 aliphatic rings. The molecule has 0 atom stereocenters. The Hall–Kier alpha value is -2.04. The SMILES string of the molecule is CCCOc1cccc(C(=O)OCC(=O)OCC)c1. The molecule has 0 saturated heterocycles. The van der Waals surface area contributed by atoms with Crippen LogP contribution in [-0.4, -0.2) is 31.8 Å². The first kappa shape index (κ1) is 15.0. The Balaban J connectivity index is 2.54. The molecule has 0 radical (unpaired) electrons. The van der Waals surface area contributed by atoms with E-state index in [1.165, 1.54) is 0 Å². The number of rotatable bonds is 7. The van der Waals surface area contributed by atoms with E-state index in [2.05, 4.69) is 4.74 Å². The van der Waals surface area contributed by atoms with Gasteiger partial charge in [-0.3, -0.25) is 0 Å². The van der Waals surface area contributed by atoms with Gasteiger partial charge in [0.1, 0.15) is 5.75 Å². The molecular weight excluding hydrogens is 248 g/mol. The second-order valence-electron chi connectivity index (χ2n) is 3.76. The summed E-state index contributed by atoms with van der Waals surface area (Å²) in [7, 11) is 0. The highest BCUT2D eigenvalue weighted by atomic mass is 16.6. The largest absolute Gasteiger partial charge is 0.494 e. The molecule has 1 rings (SSSR count). The average molecular weight is 266 g/mol. The van der Waals surface area contributed by atoms with Crippen LogP contribution in [0.2, 0.25) is 0 Å². The quantitative estimate of drug-likeness (QED) is 0.708. The van der Waals surface area contributed by atoms with Gasteiger partial charge >= 0.3 is 11.9 Å². The summed E-state index contributed by atoms with van der Waals surface area (Å²) in [6.45, 7) is 4.15. The van der Waals surface area contributed by atoms with Crippen LogP contribution in [0.3, 0.4) is 0 Å². The van der Waals surface area contributed by atoms with Gasteiger partial charge in [0.2, 0.25) is 0 Å². The minimum Gasteiger partial charge on any atom is -0.494 e. The second-order valence-corrected chi connectivity index (χ2v) is 3.76. The first-order valence-corrected chi connectivity index (χ1v) is 6.23. The molecule has 1 aromatic carbocycles. The van der Waals surface area contributed by atoms with Crippen molar-refractivity contribution < 1.29 is 23.8 Å². The fraction of sp³-hybridized carbons (Fsp3) is 0.429. The Labute approximate surface area is 112 Å². The van der Waals surface area contributed by atoms with Gasteiger partial charge in [-0.25, -0.2) is 9.59 Å². The van der Waals surface area contributed by atoms with Gasteiger partial charge in [-0.15, -0.1) is 0 Å². The van der Waals surface area contributed by atoms with Crippen LogP contribution in [0, 0.1) is 0 Å². The fourth-order valence-electron chi connectivity index (χ4n) is 1.34. The maximum Gasteiger partial charge on any atom is 0.344 e. The van der Waals surface area contributed by atoms with Gasteiger partial charge < -0.3 is 14.2 Å². The van der Waals surface area contributed by atoms with Crippen LogP contribution in [0.5, 0.6) is 5.75 Å². The lowest BCUT2D eigenvalue weighted by molar-refractivity contribution is -0.146. The minimum atomic E-state index is -0.574. The Morgan fingerprint density at radius 3 is 2.63 bits per heavy atom. The van der Waals surface area contributed by atoms with Crippen molar-refractivity contribution >= 4 is 11.9 Å². The van der Waals surface area contributed by atoms with E-state index >= 15 is 0 Å². The van der Waals surface area contributed by atoms with Gasteiger partial charge in [-0.2, -0.15) is 0 Å². The van der Waals surface area contributed by atoms with E-state index < -0.39 is 11.9 Å². The molecule has 0 aromatic heterocycles. The number of esters is 2. The van der Waals surface area contributed by atoms with Gasteiger partial charge in [0.15, 0.2) is 6.61 Å². The molecule has 0 bridgehead atoms. The van der Waals surface area contributed by atoms with E-state index in [1.54, 1.807) is 31.2 Å². The third kappa shape index (κ3) is 5.42. The first-order chi connectivity index (χ1) is 9.17. The molecule has 5 nitrogen and oxygen atoms in total. The summed E-state index contributed by atoms with van der Waals surface area (Å²) in [6.07, 6.45) is 0.886. The number of benzene rings is 1. The molecule has 5 heteroatoms. The molecule has 0 amide bonds. The number of carbonyl (C=O) groups excluding carboxylic acids is 2. The van der Waals surface area contributed by atoms with Crippen molar-refractivity contribution in [3.63, 3.8) is 0 Å². The Morgan fingerprint density at radius 1 is 1.16 bits per heavy atom. The van der Waals surface area contributed by atoms with Gasteiger partial charge in [0, 0.05) is 0 Å². The normalized spacial score (nSPS) is 9.79. The summed E-state index contributed by atoms with van der Waals surface area (Å²) >= 11 is 0. The van der Waals surface area contributed by atoms with Crippen molar-refractivity contribution in [1.82, 2.24) is 0 Å². The second kappa shape index (κ2) is 8.13. The molecular formula is C14H18O5. The van der Waals surface area contributed by atoms with Gasteiger partial charge in [-0.05, 0) is 31.5 Å². The molecule has 0 unspecified atom stereocenters. The molecule has 104 valence electrons. The van der Waals surface area contributed by atoms with E-state index in [1.807, 2.05) is 6.92 Å². The van der Waals surface area contributed by atoms with Gasteiger partial charge in [0.05, 0.1) is 18.8 Å². The van der Waals surface area contributed by atoms with Gasteiger partial charge in [0.25, 0.3) is 0 Å². The van der Waals surface area contributed by atoms with Crippen molar-refractivity contribution in [2.75, 3.05) is 19.8 Å². The summed E-state index contributed by atoms with van der Waals surface area (Å²) in [4.78, 5) is 22.8. The maximum absolute atomic E-state index is 11.7. The molecule has 0 N–H and O–H groups in total. The van der Waals surface area contributed by atoms with Crippen LogP contribution in [0.1, 0.15) is 30.6 Å². The van der Waals surface area contributed by atoms with Crippen LogP contribution in [-0.2, 0) is 14.3 Å². The molecule has 0 spiro atoms. The van der Waals surface area contributed by atoms with E-state index in [0.717, 1.165) is 6.42 Å². The summed E-state index contributed by atoms with van der Waals surface area (Å²) in [5.41, 5.74) is 0.345. The topological polar surface area (TPSA) is 61.8 Å². The molecule has 0 aliphatic carbocycles. The highest BCUT2D eigenvalue weighted by molar-refractivity contribution is 5.91. The summed E-state index contributed by atoms with van der Waals surface area (Å²) in [5, 5.41) is 0. The number of ether oxygens (including phenoxy) is 3. The molecule has 1 aromatic rings. The smallest absolute Gasteiger partial charge is 0.344 e. The Morgan fingerprint density at radius 2 is 1.95 bits per heavy atom. The number of hydrogen-bond acceptors (Lipinski definition) is 5. The van der Waals surface area contributed by atoms with Crippen LogP contribution >= 0.6 is 0 Å². The highest BCUT2D eigenvalue weighted by Gasteiger charge is 2.11. The van der Waals surface area contributed by atoms with E-state index in [0.29, 0.717) is 17.9 Å². The first-order valence-electron chi connectivity index (χ1n) is 6.23.